The van der Waals surface area contributed by atoms with Crippen molar-refractivity contribution in [2.75, 3.05) is 19.6 Å². The second-order valence-corrected chi connectivity index (χ2v) is 7.47. The number of piperazine rings is 1. The first-order valence-corrected chi connectivity index (χ1v) is 9.12. The summed E-state index contributed by atoms with van der Waals surface area (Å²) in [5.41, 5.74) is 1.81. The first-order chi connectivity index (χ1) is 11.2. The Hall–Kier alpha value is -1.72. The molecular formula is C18H21N3OS. The minimum atomic E-state index is 0.0682. The SMILES string of the molecule is Cc1nc(C(=O)N2CCN(C3CC3)CC2c2ccccc2)cs1. The van der Waals surface area contributed by atoms with E-state index in [0.717, 1.165) is 30.7 Å². The van der Waals surface area contributed by atoms with Crippen molar-refractivity contribution in [3.05, 3.63) is 52.0 Å². The number of aryl methyl sites for hydroxylation is 1. The normalized spacial score (nSPS) is 22.3. The molecule has 1 atom stereocenters. The van der Waals surface area contributed by atoms with E-state index >= 15 is 0 Å². The Morgan fingerprint density at radius 2 is 2.00 bits per heavy atom. The number of thiazole rings is 1. The van der Waals surface area contributed by atoms with E-state index in [4.69, 9.17) is 0 Å². The first-order valence-electron chi connectivity index (χ1n) is 8.24. The van der Waals surface area contributed by atoms with Gasteiger partial charge < -0.3 is 4.90 Å². The van der Waals surface area contributed by atoms with Crippen molar-refractivity contribution in [3.8, 4) is 0 Å². The van der Waals surface area contributed by atoms with Crippen LogP contribution in [-0.2, 0) is 0 Å². The van der Waals surface area contributed by atoms with Crippen LogP contribution in [0, 0.1) is 6.92 Å². The molecule has 1 saturated carbocycles. The monoisotopic (exact) mass is 327 g/mol. The van der Waals surface area contributed by atoms with E-state index < -0.39 is 0 Å². The molecule has 1 aliphatic carbocycles. The topological polar surface area (TPSA) is 36.4 Å². The van der Waals surface area contributed by atoms with Crippen molar-refractivity contribution < 1.29 is 4.79 Å². The summed E-state index contributed by atoms with van der Waals surface area (Å²) < 4.78 is 0. The van der Waals surface area contributed by atoms with Gasteiger partial charge in [-0.2, -0.15) is 0 Å². The van der Waals surface area contributed by atoms with E-state index in [1.54, 1.807) is 11.3 Å². The number of hydrogen-bond donors (Lipinski definition) is 0. The Balaban J connectivity index is 1.62. The third kappa shape index (κ3) is 3.03. The Labute approximate surface area is 140 Å². The van der Waals surface area contributed by atoms with Crippen LogP contribution in [0.25, 0.3) is 0 Å². The van der Waals surface area contributed by atoms with Gasteiger partial charge in [-0.1, -0.05) is 30.3 Å². The average Bonchev–Trinajstić information content (AvgIpc) is 3.36. The summed E-state index contributed by atoms with van der Waals surface area (Å²) >= 11 is 1.54. The molecule has 0 bridgehead atoms. The Bertz CT molecular complexity index is 695. The van der Waals surface area contributed by atoms with Crippen LogP contribution in [0.5, 0.6) is 0 Å². The van der Waals surface area contributed by atoms with E-state index in [1.165, 1.54) is 18.4 Å². The molecule has 0 radical (unpaired) electrons. The number of benzene rings is 1. The van der Waals surface area contributed by atoms with Crippen LogP contribution in [0.15, 0.2) is 35.7 Å². The van der Waals surface area contributed by atoms with Gasteiger partial charge in [0.05, 0.1) is 11.0 Å². The zero-order valence-electron chi connectivity index (χ0n) is 13.3. The van der Waals surface area contributed by atoms with Crippen LogP contribution in [0.4, 0.5) is 0 Å². The summed E-state index contributed by atoms with van der Waals surface area (Å²) in [4.78, 5) is 21.9. The minimum Gasteiger partial charge on any atom is -0.328 e. The van der Waals surface area contributed by atoms with Gasteiger partial charge in [-0.25, -0.2) is 4.98 Å². The summed E-state index contributed by atoms with van der Waals surface area (Å²) in [6, 6.07) is 11.3. The number of hydrogen-bond acceptors (Lipinski definition) is 4. The fourth-order valence-corrected chi connectivity index (χ4v) is 3.97. The van der Waals surface area contributed by atoms with Gasteiger partial charge in [0.2, 0.25) is 0 Å². The van der Waals surface area contributed by atoms with E-state index in [0.29, 0.717) is 5.69 Å². The summed E-state index contributed by atoms with van der Waals surface area (Å²) in [6.07, 6.45) is 2.61. The number of amides is 1. The molecule has 1 amide bonds. The summed E-state index contributed by atoms with van der Waals surface area (Å²) in [6.45, 7) is 4.64. The summed E-state index contributed by atoms with van der Waals surface area (Å²) in [5, 5.41) is 2.83. The molecule has 120 valence electrons. The van der Waals surface area contributed by atoms with Gasteiger partial charge in [0, 0.05) is 31.1 Å². The maximum absolute atomic E-state index is 12.9. The number of nitrogens with zero attached hydrogens (tertiary/aromatic N) is 3. The predicted octanol–water partition coefficient (Wildman–Crippen LogP) is 3.11. The predicted molar refractivity (Wildman–Crippen MR) is 91.7 cm³/mol. The molecule has 4 nitrogen and oxygen atoms in total. The molecule has 1 unspecified atom stereocenters. The van der Waals surface area contributed by atoms with Crippen molar-refractivity contribution >= 4 is 17.2 Å². The maximum atomic E-state index is 12.9. The molecule has 1 aromatic carbocycles. The Kier molecular flexibility index (Phi) is 3.91. The minimum absolute atomic E-state index is 0.0682. The van der Waals surface area contributed by atoms with Crippen LogP contribution in [-0.4, -0.2) is 46.4 Å². The molecule has 1 saturated heterocycles. The van der Waals surface area contributed by atoms with Gasteiger partial charge in [0.1, 0.15) is 5.69 Å². The number of carbonyl (C=O) groups excluding carboxylic acids is 1. The largest absolute Gasteiger partial charge is 0.328 e. The average molecular weight is 327 g/mol. The smallest absolute Gasteiger partial charge is 0.273 e. The molecule has 5 heteroatoms. The zero-order chi connectivity index (χ0) is 15.8. The molecule has 2 aromatic rings. The highest BCUT2D eigenvalue weighted by Gasteiger charge is 2.38. The van der Waals surface area contributed by atoms with Crippen molar-refractivity contribution in [3.63, 3.8) is 0 Å². The van der Waals surface area contributed by atoms with Gasteiger partial charge in [0.15, 0.2) is 0 Å². The summed E-state index contributed by atoms with van der Waals surface area (Å²) in [5.74, 6) is 0.0682. The van der Waals surface area contributed by atoms with Gasteiger partial charge in [0.25, 0.3) is 5.91 Å². The summed E-state index contributed by atoms with van der Waals surface area (Å²) in [7, 11) is 0. The van der Waals surface area contributed by atoms with Crippen LogP contribution in [0.2, 0.25) is 0 Å². The third-order valence-corrected chi connectivity index (χ3v) is 5.53. The molecule has 4 rings (SSSR count). The highest BCUT2D eigenvalue weighted by Crippen LogP contribution is 2.34. The second kappa shape index (κ2) is 6.06. The lowest BCUT2D eigenvalue weighted by atomic mass is 10.0. The van der Waals surface area contributed by atoms with Crippen molar-refractivity contribution in [2.45, 2.75) is 31.8 Å². The van der Waals surface area contributed by atoms with Crippen LogP contribution in [0.3, 0.4) is 0 Å². The molecule has 0 spiro atoms. The molecule has 2 aliphatic rings. The fraction of sp³-hybridized carbons (Fsp3) is 0.444. The first kappa shape index (κ1) is 14.8. The number of rotatable bonds is 3. The van der Waals surface area contributed by atoms with Crippen LogP contribution >= 0.6 is 11.3 Å². The van der Waals surface area contributed by atoms with Crippen LogP contribution in [0.1, 0.15) is 39.9 Å². The third-order valence-electron chi connectivity index (χ3n) is 4.76. The molecule has 2 fully saturated rings. The lowest BCUT2D eigenvalue weighted by Gasteiger charge is -2.41. The van der Waals surface area contributed by atoms with Crippen LogP contribution < -0.4 is 0 Å². The number of aromatic nitrogens is 1. The molecular weight excluding hydrogens is 306 g/mol. The highest BCUT2D eigenvalue weighted by atomic mass is 32.1. The van der Waals surface area contributed by atoms with Gasteiger partial charge in [-0.3, -0.25) is 9.69 Å². The molecule has 1 aromatic heterocycles. The van der Waals surface area contributed by atoms with Gasteiger partial charge in [-0.15, -0.1) is 11.3 Å². The molecule has 0 N–H and O–H groups in total. The fourth-order valence-electron chi connectivity index (χ4n) is 3.39. The van der Waals surface area contributed by atoms with E-state index in [1.807, 2.05) is 23.3 Å². The molecule has 23 heavy (non-hydrogen) atoms. The second-order valence-electron chi connectivity index (χ2n) is 6.40. The van der Waals surface area contributed by atoms with E-state index in [-0.39, 0.29) is 11.9 Å². The molecule has 1 aliphatic heterocycles. The van der Waals surface area contributed by atoms with Crippen molar-refractivity contribution in [1.29, 1.82) is 0 Å². The Morgan fingerprint density at radius 1 is 1.22 bits per heavy atom. The number of carbonyl (C=O) groups is 1. The van der Waals surface area contributed by atoms with Crippen molar-refractivity contribution in [2.24, 2.45) is 0 Å². The van der Waals surface area contributed by atoms with Gasteiger partial charge in [-0.05, 0) is 25.3 Å². The van der Waals surface area contributed by atoms with Gasteiger partial charge >= 0.3 is 0 Å². The lowest BCUT2D eigenvalue weighted by molar-refractivity contribution is 0.0428. The standard InChI is InChI=1S/C18H21N3OS/c1-13-19-16(12-23-13)18(22)21-10-9-20(15-7-8-15)11-17(21)14-5-3-2-4-6-14/h2-6,12,15,17H,7-11H2,1H3. The van der Waals surface area contributed by atoms with E-state index in [2.05, 4.69) is 34.1 Å². The Morgan fingerprint density at radius 3 is 2.65 bits per heavy atom. The molecule has 2 heterocycles. The van der Waals surface area contributed by atoms with E-state index in [9.17, 15) is 4.79 Å². The lowest BCUT2D eigenvalue weighted by Crippen LogP contribution is -2.51. The van der Waals surface area contributed by atoms with Crippen molar-refractivity contribution in [1.82, 2.24) is 14.8 Å². The zero-order valence-corrected chi connectivity index (χ0v) is 14.1. The highest BCUT2D eigenvalue weighted by molar-refractivity contribution is 7.09. The maximum Gasteiger partial charge on any atom is 0.273 e. The quantitative estimate of drug-likeness (QED) is 0.869.